The number of halogens is 2. The maximum atomic E-state index is 12.3. The first kappa shape index (κ1) is 21.0. The van der Waals surface area contributed by atoms with E-state index in [1.54, 1.807) is 0 Å². The van der Waals surface area contributed by atoms with E-state index in [1.807, 2.05) is 0 Å². The van der Waals surface area contributed by atoms with Gasteiger partial charge in [0.2, 0.25) is 10.0 Å². The molecule has 0 atom stereocenters. The van der Waals surface area contributed by atoms with Crippen LogP contribution >= 0.6 is 23.2 Å². The summed E-state index contributed by atoms with van der Waals surface area (Å²) in [5.41, 5.74) is -0.118. The average molecular weight is 397 g/mol. The molecule has 0 amide bonds. The van der Waals surface area contributed by atoms with Gasteiger partial charge in [0.05, 0.1) is 15.6 Å². The van der Waals surface area contributed by atoms with Gasteiger partial charge >= 0.3 is 0 Å². The summed E-state index contributed by atoms with van der Waals surface area (Å²) < 4.78 is 25.6. The summed E-state index contributed by atoms with van der Waals surface area (Å²) >= 11 is 11.6. The monoisotopic (exact) mass is 396 g/mol. The highest BCUT2D eigenvalue weighted by Crippen LogP contribution is 2.32. The molecule has 6 nitrogen and oxygen atoms in total. The molecule has 0 spiro atoms. The zero-order chi connectivity index (χ0) is 18.2. The molecule has 0 heterocycles. The lowest BCUT2D eigenvalue weighted by Crippen LogP contribution is -2.33. The lowest BCUT2D eigenvalue weighted by Gasteiger charge is -2.24. The molecule has 0 saturated carbocycles. The molecule has 0 aliphatic heterocycles. The Bertz CT molecular complexity index is 653. The van der Waals surface area contributed by atoms with Crippen LogP contribution in [0.2, 0.25) is 5.02 Å². The second-order valence-corrected chi connectivity index (χ2v) is 8.34. The van der Waals surface area contributed by atoms with Crippen molar-refractivity contribution in [2.75, 3.05) is 16.1 Å². The van der Waals surface area contributed by atoms with Gasteiger partial charge in [0.1, 0.15) is 5.21 Å². The number of non-ortho nitro benzene ring substituents is 1. The highest BCUT2D eigenvalue weighted by atomic mass is 35.5. The number of unbranched alkanes of at least 4 members (excludes halogenated alkanes) is 5. The molecule has 0 saturated heterocycles. The van der Waals surface area contributed by atoms with Crippen molar-refractivity contribution in [1.29, 1.82) is 0 Å². The van der Waals surface area contributed by atoms with Gasteiger partial charge in [-0.25, -0.2) is 8.42 Å². The van der Waals surface area contributed by atoms with Crippen LogP contribution < -0.4 is 4.31 Å². The van der Waals surface area contributed by atoms with Gasteiger partial charge in [-0.15, -0.1) is 11.6 Å². The molecule has 0 aliphatic rings. The number of nitro benzene ring substituents is 1. The molecular formula is C15H22Cl2N2O4S. The van der Waals surface area contributed by atoms with Crippen molar-refractivity contribution in [1.82, 2.24) is 0 Å². The Morgan fingerprint density at radius 2 is 1.79 bits per heavy atom. The van der Waals surface area contributed by atoms with E-state index in [9.17, 15) is 18.5 Å². The zero-order valence-corrected chi connectivity index (χ0v) is 15.9. The van der Waals surface area contributed by atoms with Crippen LogP contribution in [-0.4, -0.2) is 25.1 Å². The Hall–Kier alpha value is -1.05. The third-order valence-corrected chi connectivity index (χ3v) is 6.07. The molecule has 0 N–H and O–H groups in total. The summed E-state index contributed by atoms with van der Waals surface area (Å²) in [5, 5.41) is 10.5. The Labute approximate surface area is 152 Å². The molecule has 0 unspecified atom stereocenters. The maximum absolute atomic E-state index is 12.3. The average Bonchev–Trinajstić information content (AvgIpc) is 2.54. The van der Waals surface area contributed by atoms with Crippen LogP contribution in [0.5, 0.6) is 0 Å². The fourth-order valence-electron chi connectivity index (χ4n) is 2.31. The number of hydrogen-bond donors (Lipinski definition) is 0. The Kier molecular flexibility index (Phi) is 8.80. The summed E-state index contributed by atoms with van der Waals surface area (Å²) in [6.07, 6.45) is 5.93. The van der Waals surface area contributed by atoms with Crippen LogP contribution in [0.4, 0.5) is 11.4 Å². The first-order valence-electron chi connectivity index (χ1n) is 7.83. The first-order chi connectivity index (χ1) is 11.3. The highest BCUT2D eigenvalue weighted by molar-refractivity contribution is 7.93. The molecule has 24 heavy (non-hydrogen) atoms. The van der Waals surface area contributed by atoms with Crippen molar-refractivity contribution in [2.24, 2.45) is 0 Å². The van der Waals surface area contributed by atoms with Gasteiger partial charge in [-0.1, -0.05) is 50.6 Å². The number of anilines is 1. The molecule has 136 valence electrons. The molecule has 0 radical (unpaired) electrons. The van der Waals surface area contributed by atoms with Gasteiger partial charge in [0.15, 0.2) is 0 Å². The first-order valence-corrected chi connectivity index (χ1v) is 10.4. The topological polar surface area (TPSA) is 80.5 Å². The number of nitrogens with zero attached hydrogens (tertiary/aromatic N) is 2. The van der Waals surface area contributed by atoms with E-state index >= 15 is 0 Å². The van der Waals surface area contributed by atoms with Gasteiger partial charge in [0.25, 0.3) is 5.69 Å². The van der Waals surface area contributed by atoms with E-state index in [0.717, 1.165) is 36.4 Å². The maximum Gasteiger partial charge on any atom is 0.271 e. The number of hydrogen-bond acceptors (Lipinski definition) is 4. The minimum absolute atomic E-state index is 0.0973. The highest BCUT2D eigenvalue weighted by Gasteiger charge is 2.25. The normalized spacial score (nSPS) is 11.5. The molecule has 1 aromatic carbocycles. The smallest absolute Gasteiger partial charge is 0.267 e. The number of nitro groups is 1. The summed E-state index contributed by atoms with van der Waals surface area (Å²) in [7, 11) is -3.78. The van der Waals surface area contributed by atoms with Crippen LogP contribution in [0.15, 0.2) is 18.2 Å². The second kappa shape index (κ2) is 10.1. The molecule has 0 aliphatic carbocycles. The molecule has 0 bridgehead atoms. The number of alkyl halides is 1. The third-order valence-electron chi connectivity index (χ3n) is 3.60. The minimum Gasteiger partial charge on any atom is -0.267 e. The predicted octanol–water partition coefficient (Wildman–Crippen LogP) is 4.94. The molecule has 0 aromatic heterocycles. The van der Waals surface area contributed by atoms with E-state index in [0.29, 0.717) is 6.42 Å². The van der Waals surface area contributed by atoms with E-state index in [-0.39, 0.29) is 22.9 Å². The molecule has 1 aromatic rings. The molecule has 9 heteroatoms. The fourth-order valence-corrected chi connectivity index (χ4v) is 3.91. The largest absolute Gasteiger partial charge is 0.271 e. The molecular weight excluding hydrogens is 375 g/mol. The second-order valence-electron chi connectivity index (χ2n) is 5.45. The van der Waals surface area contributed by atoms with Crippen LogP contribution in [0, 0.1) is 10.1 Å². The van der Waals surface area contributed by atoms with Gasteiger partial charge in [0, 0.05) is 18.7 Å². The SMILES string of the molecule is CCCCCCCCN(c1cc([N+](=O)[O-])ccc1Cl)S(=O)(=O)CCl. The summed E-state index contributed by atoms with van der Waals surface area (Å²) in [5.74, 6) is 0. The summed E-state index contributed by atoms with van der Waals surface area (Å²) in [4.78, 5) is 10.3. The summed E-state index contributed by atoms with van der Waals surface area (Å²) in [6, 6.07) is 3.73. The van der Waals surface area contributed by atoms with Gasteiger partial charge in [-0.05, 0) is 12.5 Å². The van der Waals surface area contributed by atoms with Crippen molar-refractivity contribution in [3.05, 3.63) is 33.3 Å². The third kappa shape index (κ3) is 6.11. The standard InChI is InChI=1S/C15H22Cl2N2O4S/c1-2-3-4-5-6-7-10-18(24(22,23)12-16)15-11-13(19(20)21)8-9-14(15)17/h8-9,11H,2-7,10,12H2,1H3. The van der Waals surface area contributed by atoms with E-state index < -0.39 is 20.2 Å². The fraction of sp³-hybridized carbons (Fsp3) is 0.600. The minimum atomic E-state index is -3.78. The quantitative estimate of drug-likeness (QED) is 0.229. The van der Waals surface area contributed by atoms with Gasteiger partial charge in [-0.3, -0.25) is 14.4 Å². The lowest BCUT2D eigenvalue weighted by molar-refractivity contribution is -0.384. The predicted molar refractivity (Wildman–Crippen MR) is 98.5 cm³/mol. The van der Waals surface area contributed by atoms with Crippen LogP contribution in [0.3, 0.4) is 0 Å². The Balaban J connectivity index is 2.95. The van der Waals surface area contributed by atoms with Crippen molar-refractivity contribution < 1.29 is 13.3 Å². The number of benzene rings is 1. The van der Waals surface area contributed by atoms with Crippen LogP contribution in [0.1, 0.15) is 45.4 Å². The number of sulfonamides is 1. The molecule has 1 rings (SSSR count). The lowest BCUT2D eigenvalue weighted by atomic mass is 10.1. The Morgan fingerprint density at radius 3 is 2.38 bits per heavy atom. The molecule has 0 fully saturated rings. The van der Waals surface area contributed by atoms with E-state index in [1.165, 1.54) is 18.2 Å². The summed E-state index contributed by atoms with van der Waals surface area (Å²) in [6.45, 7) is 2.32. The zero-order valence-electron chi connectivity index (χ0n) is 13.6. The van der Waals surface area contributed by atoms with Crippen molar-refractivity contribution >= 4 is 44.6 Å². The van der Waals surface area contributed by atoms with Crippen molar-refractivity contribution in [3.63, 3.8) is 0 Å². The van der Waals surface area contributed by atoms with E-state index in [2.05, 4.69) is 6.92 Å². The van der Waals surface area contributed by atoms with Gasteiger partial charge < -0.3 is 0 Å². The van der Waals surface area contributed by atoms with Gasteiger partial charge in [-0.2, -0.15) is 0 Å². The van der Waals surface area contributed by atoms with Crippen LogP contribution in [0.25, 0.3) is 0 Å². The van der Waals surface area contributed by atoms with Crippen molar-refractivity contribution in [3.8, 4) is 0 Å². The van der Waals surface area contributed by atoms with Crippen molar-refractivity contribution in [2.45, 2.75) is 45.4 Å². The van der Waals surface area contributed by atoms with Crippen LogP contribution in [-0.2, 0) is 10.0 Å². The number of rotatable bonds is 11. The van der Waals surface area contributed by atoms with E-state index in [4.69, 9.17) is 23.2 Å². The Morgan fingerprint density at radius 1 is 1.17 bits per heavy atom.